The van der Waals surface area contributed by atoms with E-state index < -0.39 is 0 Å². The van der Waals surface area contributed by atoms with Crippen molar-refractivity contribution in [3.63, 3.8) is 0 Å². The Morgan fingerprint density at radius 3 is 2.62 bits per heavy atom. The zero-order valence-corrected chi connectivity index (χ0v) is 15.3. The Morgan fingerprint density at radius 1 is 1.15 bits per heavy atom. The van der Waals surface area contributed by atoms with Crippen molar-refractivity contribution in [3.05, 3.63) is 64.9 Å². The van der Waals surface area contributed by atoms with Crippen LogP contribution in [0.2, 0.25) is 5.02 Å². The molecule has 0 saturated carbocycles. The van der Waals surface area contributed by atoms with Gasteiger partial charge in [0, 0.05) is 43.5 Å². The molecule has 0 aliphatic carbocycles. The van der Waals surface area contributed by atoms with E-state index in [9.17, 15) is 9.59 Å². The minimum absolute atomic E-state index is 0.00538. The molecule has 1 atom stereocenters. The fraction of sp³-hybridized carbons (Fsp3) is 0.350. The maximum absolute atomic E-state index is 12.5. The van der Waals surface area contributed by atoms with Crippen LogP contribution in [0.4, 0.5) is 0 Å². The van der Waals surface area contributed by atoms with E-state index in [1.807, 2.05) is 36.4 Å². The van der Waals surface area contributed by atoms with Crippen LogP contribution in [0.5, 0.6) is 0 Å². The van der Waals surface area contributed by atoms with Gasteiger partial charge in [0.1, 0.15) is 0 Å². The number of carbonyl (C=O) groups excluding carboxylic acids is 2. The number of pyridine rings is 1. The number of hydrogen-bond donors (Lipinski definition) is 1. The van der Waals surface area contributed by atoms with Crippen LogP contribution in [-0.4, -0.2) is 34.8 Å². The van der Waals surface area contributed by atoms with Gasteiger partial charge in [0.2, 0.25) is 11.8 Å². The summed E-state index contributed by atoms with van der Waals surface area (Å²) >= 11 is 5.90. The molecule has 2 heterocycles. The maximum atomic E-state index is 12.5. The first-order valence-electron chi connectivity index (χ1n) is 8.80. The van der Waals surface area contributed by atoms with Crippen molar-refractivity contribution >= 4 is 23.4 Å². The van der Waals surface area contributed by atoms with Gasteiger partial charge in [-0.2, -0.15) is 0 Å². The summed E-state index contributed by atoms with van der Waals surface area (Å²) < 4.78 is 0. The molecule has 3 rings (SSSR count). The van der Waals surface area contributed by atoms with E-state index in [2.05, 4.69) is 10.3 Å². The normalized spacial score (nSPS) is 17.2. The summed E-state index contributed by atoms with van der Waals surface area (Å²) in [6.07, 6.45) is 5.21. The van der Waals surface area contributed by atoms with Gasteiger partial charge in [0.05, 0.1) is 5.92 Å². The van der Waals surface area contributed by atoms with Crippen LogP contribution in [0.15, 0.2) is 48.8 Å². The molecule has 1 aromatic heterocycles. The van der Waals surface area contributed by atoms with Gasteiger partial charge in [-0.15, -0.1) is 0 Å². The second-order valence-corrected chi connectivity index (χ2v) is 6.96. The van der Waals surface area contributed by atoms with E-state index in [0.717, 1.165) is 17.5 Å². The molecule has 1 saturated heterocycles. The number of benzene rings is 1. The van der Waals surface area contributed by atoms with Crippen molar-refractivity contribution in [2.75, 3.05) is 13.1 Å². The van der Waals surface area contributed by atoms with Gasteiger partial charge in [0.25, 0.3) is 0 Å². The van der Waals surface area contributed by atoms with E-state index >= 15 is 0 Å². The zero-order chi connectivity index (χ0) is 18.4. The lowest BCUT2D eigenvalue weighted by Crippen LogP contribution is -2.46. The third-order valence-electron chi connectivity index (χ3n) is 4.67. The van der Waals surface area contributed by atoms with Crippen molar-refractivity contribution in [3.8, 4) is 0 Å². The molecule has 1 fully saturated rings. The maximum Gasteiger partial charge on any atom is 0.225 e. The Hall–Kier alpha value is -2.40. The summed E-state index contributed by atoms with van der Waals surface area (Å²) in [6.45, 7) is 1.58. The number of nitrogens with one attached hydrogen (secondary N) is 1. The van der Waals surface area contributed by atoms with Gasteiger partial charge in [-0.1, -0.05) is 23.7 Å². The second-order valence-electron chi connectivity index (χ2n) is 6.53. The van der Waals surface area contributed by atoms with Gasteiger partial charge < -0.3 is 10.2 Å². The number of aromatic nitrogens is 1. The van der Waals surface area contributed by atoms with Crippen molar-refractivity contribution in [2.45, 2.75) is 25.8 Å². The third-order valence-corrected chi connectivity index (χ3v) is 4.92. The second kappa shape index (κ2) is 8.81. The molecule has 2 aromatic rings. The van der Waals surface area contributed by atoms with Crippen LogP contribution in [0.3, 0.4) is 0 Å². The lowest BCUT2D eigenvalue weighted by Gasteiger charge is -2.32. The molecular weight excluding hydrogens is 350 g/mol. The molecular formula is C20H22ClN3O2. The lowest BCUT2D eigenvalue weighted by atomic mass is 9.96. The number of amides is 2. The number of nitrogens with zero attached hydrogens (tertiary/aromatic N) is 2. The first-order chi connectivity index (χ1) is 12.6. The summed E-state index contributed by atoms with van der Waals surface area (Å²) in [4.78, 5) is 30.4. The van der Waals surface area contributed by atoms with Gasteiger partial charge in [-0.05, 0) is 48.2 Å². The number of likely N-dealkylation sites (tertiary alicyclic amines) is 1. The number of hydrogen-bond acceptors (Lipinski definition) is 3. The Kier molecular flexibility index (Phi) is 6.23. The molecule has 1 N–H and O–H groups in total. The third kappa shape index (κ3) is 5.05. The van der Waals surface area contributed by atoms with Crippen molar-refractivity contribution in [1.29, 1.82) is 0 Å². The lowest BCUT2D eigenvalue weighted by molar-refractivity contribution is -0.138. The first-order valence-corrected chi connectivity index (χ1v) is 9.18. The highest BCUT2D eigenvalue weighted by Crippen LogP contribution is 2.19. The van der Waals surface area contributed by atoms with Gasteiger partial charge >= 0.3 is 0 Å². The summed E-state index contributed by atoms with van der Waals surface area (Å²) in [5, 5.41) is 3.67. The average Bonchev–Trinajstić information content (AvgIpc) is 2.67. The highest BCUT2D eigenvalue weighted by molar-refractivity contribution is 6.30. The van der Waals surface area contributed by atoms with Crippen LogP contribution < -0.4 is 5.32 Å². The summed E-state index contributed by atoms with van der Waals surface area (Å²) in [6, 6.07) is 11.4. The fourth-order valence-electron chi connectivity index (χ4n) is 3.09. The molecule has 5 nitrogen and oxygen atoms in total. The molecule has 0 bridgehead atoms. The highest BCUT2D eigenvalue weighted by Gasteiger charge is 2.29. The van der Waals surface area contributed by atoms with Gasteiger partial charge in [-0.3, -0.25) is 14.6 Å². The molecule has 1 aliphatic rings. The molecule has 0 spiro atoms. The summed E-state index contributed by atoms with van der Waals surface area (Å²) in [7, 11) is 0. The van der Waals surface area contributed by atoms with Crippen LogP contribution in [0.25, 0.3) is 0 Å². The Labute approximate surface area is 158 Å². The van der Waals surface area contributed by atoms with E-state index in [4.69, 9.17) is 11.6 Å². The number of piperidine rings is 1. The minimum Gasteiger partial charge on any atom is -0.352 e. The molecule has 6 heteroatoms. The van der Waals surface area contributed by atoms with Crippen LogP contribution >= 0.6 is 11.6 Å². The Bertz CT molecular complexity index is 749. The van der Waals surface area contributed by atoms with Crippen LogP contribution in [0.1, 0.15) is 24.0 Å². The van der Waals surface area contributed by atoms with E-state index in [-0.39, 0.29) is 17.7 Å². The van der Waals surface area contributed by atoms with Gasteiger partial charge in [-0.25, -0.2) is 0 Å². The van der Waals surface area contributed by atoms with Crippen molar-refractivity contribution in [1.82, 2.24) is 15.2 Å². The molecule has 1 aromatic carbocycles. The Morgan fingerprint density at radius 2 is 1.88 bits per heavy atom. The number of halogens is 1. The quantitative estimate of drug-likeness (QED) is 0.849. The molecule has 26 heavy (non-hydrogen) atoms. The largest absolute Gasteiger partial charge is 0.352 e. The Balaban J connectivity index is 1.51. The zero-order valence-electron chi connectivity index (χ0n) is 14.5. The smallest absolute Gasteiger partial charge is 0.225 e. The van der Waals surface area contributed by atoms with E-state index in [0.29, 0.717) is 37.5 Å². The molecule has 0 radical (unpaired) electrons. The molecule has 136 valence electrons. The predicted octanol–water partition coefficient (Wildman–Crippen LogP) is 2.83. The number of carbonyl (C=O) groups is 2. The monoisotopic (exact) mass is 371 g/mol. The average molecular weight is 372 g/mol. The van der Waals surface area contributed by atoms with E-state index in [1.165, 1.54) is 0 Å². The molecule has 0 unspecified atom stereocenters. The fourth-order valence-corrected chi connectivity index (χ4v) is 3.22. The van der Waals surface area contributed by atoms with E-state index in [1.54, 1.807) is 17.3 Å². The van der Waals surface area contributed by atoms with Crippen LogP contribution in [0, 0.1) is 5.92 Å². The minimum atomic E-state index is -0.153. The van der Waals surface area contributed by atoms with Crippen molar-refractivity contribution in [2.24, 2.45) is 5.92 Å². The van der Waals surface area contributed by atoms with Crippen LogP contribution in [-0.2, 0) is 22.6 Å². The topological polar surface area (TPSA) is 62.3 Å². The van der Waals surface area contributed by atoms with Gasteiger partial charge in [0.15, 0.2) is 0 Å². The standard InChI is InChI=1S/C20H22ClN3O2/c21-18-4-1-15(2-5-18)9-12-24-14-17(3-6-19(24)25)20(26)23-13-16-7-10-22-11-8-16/h1-2,4-5,7-8,10-11,17H,3,6,9,12-14H2,(H,23,26)/t17-/m1/s1. The van der Waals surface area contributed by atoms with Crippen molar-refractivity contribution < 1.29 is 9.59 Å². The molecule has 2 amide bonds. The molecule has 1 aliphatic heterocycles. The highest BCUT2D eigenvalue weighted by atomic mass is 35.5. The SMILES string of the molecule is O=C(NCc1ccncc1)[C@@H]1CCC(=O)N(CCc2ccc(Cl)cc2)C1. The predicted molar refractivity (Wildman–Crippen MR) is 101 cm³/mol. The number of rotatable bonds is 6. The summed E-state index contributed by atoms with van der Waals surface area (Å²) in [5.41, 5.74) is 2.14. The summed E-state index contributed by atoms with van der Waals surface area (Å²) in [5.74, 6) is -0.0253. The first kappa shape index (κ1) is 18.4.